The van der Waals surface area contributed by atoms with Crippen LogP contribution in [0.3, 0.4) is 0 Å². The molecule has 172 valence electrons. The fourth-order valence-electron chi connectivity index (χ4n) is 4.65. The summed E-state index contributed by atoms with van der Waals surface area (Å²) in [5.74, 6) is -0.178. The Kier molecular flexibility index (Phi) is 6.10. The lowest BCUT2D eigenvalue weighted by atomic mass is 9.81. The van der Waals surface area contributed by atoms with E-state index in [0.717, 1.165) is 27.7 Å². The van der Waals surface area contributed by atoms with Gasteiger partial charge in [-0.1, -0.05) is 63.2 Å². The van der Waals surface area contributed by atoms with Gasteiger partial charge >= 0.3 is 0 Å². The van der Waals surface area contributed by atoms with Gasteiger partial charge in [0, 0.05) is 40.3 Å². The number of amides is 2. The molecule has 3 aromatic rings. The lowest BCUT2D eigenvalue weighted by molar-refractivity contribution is -0.133. The average molecular weight is 464 g/mol. The standard InChI is InChI=1S/C27H30ClN3O2/c1-6-25(33)30-14-19(15-30)29-24(32)16-31-17(2)26(21-13-18(28)11-12-23(21)31)20-9-7-8-10-22(20)27(3,4)5/h6-13,19H,1,14-16H2,2-5H3,(H,29,32). The molecule has 1 fully saturated rings. The summed E-state index contributed by atoms with van der Waals surface area (Å²) in [5, 5.41) is 4.75. The molecule has 0 saturated carbocycles. The largest absolute Gasteiger partial charge is 0.348 e. The fourth-order valence-corrected chi connectivity index (χ4v) is 4.82. The maximum absolute atomic E-state index is 12.9. The molecule has 0 atom stereocenters. The Morgan fingerprint density at radius 3 is 2.55 bits per heavy atom. The first-order valence-corrected chi connectivity index (χ1v) is 11.6. The molecule has 0 radical (unpaired) electrons. The Hall–Kier alpha value is -3.05. The Morgan fingerprint density at radius 1 is 1.18 bits per heavy atom. The van der Waals surface area contributed by atoms with E-state index in [1.165, 1.54) is 11.6 Å². The number of hydrogen-bond acceptors (Lipinski definition) is 2. The normalized spacial score (nSPS) is 14.3. The van der Waals surface area contributed by atoms with Crippen molar-refractivity contribution in [1.82, 2.24) is 14.8 Å². The molecule has 1 aromatic heterocycles. The molecule has 0 bridgehead atoms. The van der Waals surface area contributed by atoms with Gasteiger partial charge in [0.1, 0.15) is 6.54 Å². The number of carbonyl (C=O) groups is 2. The molecule has 33 heavy (non-hydrogen) atoms. The van der Waals surface area contributed by atoms with Gasteiger partial charge in [-0.15, -0.1) is 0 Å². The molecule has 1 aliphatic rings. The summed E-state index contributed by atoms with van der Waals surface area (Å²) < 4.78 is 2.06. The molecule has 1 saturated heterocycles. The van der Waals surface area contributed by atoms with Crippen molar-refractivity contribution in [3.63, 3.8) is 0 Å². The van der Waals surface area contributed by atoms with Crippen molar-refractivity contribution < 1.29 is 9.59 Å². The summed E-state index contributed by atoms with van der Waals surface area (Å²) in [6.45, 7) is 13.4. The van der Waals surface area contributed by atoms with E-state index < -0.39 is 0 Å². The van der Waals surface area contributed by atoms with Crippen LogP contribution in [0.2, 0.25) is 5.02 Å². The highest BCUT2D eigenvalue weighted by Crippen LogP contribution is 2.40. The molecule has 0 aliphatic carbocycles. The highest BCUT2D eigenvalue weighted by Gasteiger charge is 2.31. The fraction of sp³-hybridized carbons (Fsp3) is 0.333. The molecule has 5 nitrogen and oxygen atoms in total. The van der Waals surface area contributed by atoms with E-state index in [1.807, 2.05) is 18.2 Å². The lowest BCUT2D eigenvalue weighted by Gasteiger charge is -2.38. The zero-order valence-corrected chi connectivity index (χ0v) is 20.4. The van der Waals surface area contributed by atoms with Crippen molar-refractivity contribution in [2.75, 3.05) is 13.1 Å². The second-order valence-electron chi connectivity index (χ2n) is 9.72. The predicted molar refractivity (Wildman–Crippen MR) is 135 cm³/mol. The molecule has 2 amide bonds. The van der Waals surface area contributed by atoms with Crippen molar-refractivity contribution in [3.8, 4) is 11.1 Å². The minimum absolute atomic E-state index is 0.0286. The third-order valence-electron chi connectivity index (χ3n) is 6.32. The lowest BCUT2D eigenvalue weighted by Crippen LogP contribution is -2.61. The third kappa shape index (κ3) is 4.42. The topological polar surface area (TPSA) is 54.3 Å². The van der Waals surface area contributed by atoms with Crippen LogP contribution in [-0.4, -0.2) is 40.4 Å². The number of halogens is 1. The van der Waals surface area contributed by atoms with Gasteiger partial charge in [0.25, 0.3) is 0 Å². The molecule has 2 heterocycles. The van der Waals surface area contributed by atoms with E-state index in [1.54, 1.807) is 4.90 Å². The molecular formula is C27H30ClN3O2. The van der Waals surface area contributed by atoms with Crippen molar-refractivity contribution in [2.24, 2.45) is 0 Å². The quantitative estimate of drug-likeness (QED) is 0.536. The molecule has 6 heteroatoms. The summed E-state index contributed by atoms with van der Waals surface area (Å²) in [6.07, 6.45) is 1.30. The predicted octanol–water partition coefficient (Wildman–Crippen LogP) is 5.08. The third-order valence-corrected chi connectivity index (χ3v) is 6.56. The van der Waals surface area contributed by atoms with Crippen LogP contribution >= 0.6 is 11.6 Å². The van der Waals surface area contributed by atoms with Crippen LogP contribution in [-0.2, 0) is 21.5 Å². The van der Waals surface area contributed by atoms with Gasteiger partial charge in [0.2, 0.25) is 11.8 Å². The highest BCUT2D eigenvalue weighted by molar-refractivity contribution is 6.31. The van der Waals surface area contributed by atoms with Crippen LogP contribution in [0, 0.1) is 6.92 Å². The van der Waals surface area contributed by atoms with Crippen LogP contribution in [0.4, 0.5) is 0 Å². The number of carbonyl (C=O) groups excluding carboxylic acids is 2. The van der Waals surface area contributed by atoms with Gasteiger partial charge in [0.15, 0.2) is 0 Å². The highest BCUT2D eigenvalue weighted by atomic mass is 35.5. The zero-order chi connectivity index (χ0) is 23.9. The van der Waals surface area contributed by atoms with E-state index in [2.05, 4.69) is 68.4 Å². The van der Waals surface area contributed by atoms with Gasteiger partial charge in [-0.25, -0.2) is 0 Å². The molecule has 2 aromatic carbocycles. The SMILES string of the molecule is C=CC(=O)N1CC(NC(=O)Cn2c(C)c(-c3ccccc3C(C)(C)C)c3cc(Cl)ccc32)C1. The summed E-state index contributed by atoms with van der Waals surface area (Å²) in [4.78, 5) is 26.2. The van der Waals surface area contributed by atoms with Crippen molar-refractivity contribution in [2.45, 2.75) is 45.7 Å². The van der Waals surface area contributed by atoms with Gasteiger partial charge in [-0.2, -0.15) is 0 Å². The van der Waals surface area contributed by atoms with Crippen LogP contribution in [0.1, 0.15) is 32.0 Å². The van der Waals surface area contributed by atoms with Gasteiger partial charge < -0.3 is 14.8 Å². The monoisotopic (exact) mass is 463 g/mol. The van der Waals surface area contributed by atoms with Crippen LogP contribution in [0.15, 0.2) is 55.1 Å². The number of benzene rings is 2. The van der Waals surface area contributed by atoms with Crippen LogP contribution in [0.5, 0.6) is 0 Å². The summed E-state index contributed by atoms with van der Waals surface area (Å²) in [7, 11) is 0. The molecule has 0 spiro atoms. The van der Waals surface area contributed by atoms with E-state index in [-0.39, 0.29) is 29.8 Å². The van der Waals surface area contributed by atoms with Crippen LogP contribution < -0.4 is 5.32 Å². The van der Waals surface area contributed by atoms with Crippen molar-refractivity contribution in [1.29, 1.82) is 0 Å². The Morgan fingerprint density at radius 2 is 1.88 bits per heavy atom. The minimum atomic E-state index is -0.105. The number of aromatic nitrogens is 1. The number of likely N-dealkylation sites (tertiary alicyclic amines) is 1. The average Bonchev–Trinajstić information content (AvgIpc) is 2.99. The zero-order valence-electron chi connectivity index (χ0n) is 19.6. The Balaban J connectivity index is 1.69. The number of nitrogens with zero attached hydrogens (tertiary/aromatic N) is 2. The first-order chi connectivity index (χ1) is 15.6. The number of fused-ring (bicyclic) bond motifs is 1. The van der Waals surface area contributed by atoms with Crippen LogP contribution in [0.25, 0.3) is 22.0 Å². The Bertz CT molecular complexity index is 1250. The van der Waals surface area contributed by atoms with Gasteiger partial charge in [-0.05, 0) is 47.7 Å². The summed E-state index contributed by atoms with van der Waals surface area (Å²) >= 11 is 6.39. The summed E-state index contributed by atoms with van der Waals surface area (Å²) in [5.41, 5.74) is 5.48. The van der Waals surface area contributed by atoms with Gasteiger partial charge in [-0.3, -0.25) is 9.59 Å². The molecule has 4 rings (SSSR count). The van der Waals surface area contributed by atoms with E-state index in [4.69, 9.17) is 11.6 Å². The first kappa shape index (κ1) is 23.1. The Labute approximate surface area is 200 Å². The van der Waals surface area contributed by atoms with E-state index >= 15 is 0 Å². The molecular weight excluding hydrogens is 434 g/mol. The van der Waals surface area contributed by atoms with Crippen molar-refractivity contribution >= 4 is 34.3 Å². The number of hydrogen-bond donors (Lipinski definition) is 1. The minimum Gasteiger partial charge on any atom is -0.348 e. The van der Waals surface area contributed by atoms with E-state index in [0.29, 0.717) is 18.1 Å². The van der Waals surface area contributed by atoms with Crippen molar-refractivity contribution in [3.05, 3.63) is 71.4 Å². The summed E-state index contributed by atoms with van der Waals surface area (Å²) in [6, 6.07) is 14.2. The second-order valence-corrected chi connectivity index (χ2v) is 10.2. The smallest absolute Gasteiger partial charge is 0.246 e. The second kappa shape index (κ2) is 8.71. The molecule has 1 aliphatic heterocycles. The number of rotatable bonds is 5. The molecule has 0 unspecified atom stereocenters. The maximum atomic E-state index is 12.9. The number of nitrogens with one attached hydrogen (secondary N) is 1. The first-order valence-electron chi connectivity index (χ1n) is 11.2. The van der Waals surface area contributed by atoms with E-state index in [9.17, 15) is 9.59 Å². The molecule has 1 N–H and O–H groups in total. The van der Waals surface area contributed by atoms with Gasteiger partial charge in [0.05, 0.1) is 6.04 Å². The maximum Gasteiger partial charge on any atom is 0.246 e.